The Balaban J connectivity index is 1.85. The molecule has 21 heavy (non-hydrogen) atoms. The van der Waals surface area contributed by atoms with Gasteiger partial charge >= 0.3 is 0 Å². The van der Waals surface area contributed by atoms with Crippen LogP contribution in [-0.4, -0.2) is 15.2 Å². The molecular weight excluding hydrogens is 358 g/mol. The molecule has 0 bridgehead atoms. The van der Waals surface area contributed by atoms with E-state index in [0.29, 0.717) is 22.5 Å². The summed E-state index contributed by atoms with van der Waals surface area (Å²) in [7, 11) is -3.62. The van der Waals surface area contributed by atoms with E-state index in [9.17, 15) is 8.42 Å². The van der Waals surface area contributed by atoms with E-state index in [-0.39, 0.29) is 11.7 Å². The van der Waals surface area contributed by atoms with Gasteiger partial charge in [0.25, 0.3) is 10.0 Å². The number of fused-ring (bicyclic) bond motifs is 1. The topological polar surface area (TPSA) is 64.6 Å². The van der Waals surface area contributed by atoms with E-state index in [2.05, 4.69) is 20.7 Å². The smallest absolute Gasteiger partial charge is 0.261 e. The molecule has 0 radical (unpaired) electrons. The van der Waals surface area contributed by atoms with Crippen LogP contribution in [0.5, 0.6) is 11.5 Å². The summed E-state index contributed by atoms with van der Waals surface area (Å²) >= 11 is 3.32. The molecule has 5 nitrogen and oxygen atoms in total. The summed E-state index contributed by atoms with van der Waals surface area (Å²) in [5, 5.41) is 0.683. The zero-order chi connectivity index (χ0) is 14.9. The number of sulfonamides is 1. The Morgan fingerprint density at radius 3 is 2.48 bits per heavy atom. The average molecular weight is 370 g/mol. The minimum absolute atomic E-state index is 0.152. The first-order chi connectivity index (χ1) is 10.1. The first-order valence-electron chi connectivity index (χ1n) is 6.16. The van der Waals surface area contributed by atoms with E-state index < -0.39 is 10.0 Å². The minimum Gasteiger partial charge on any atom is -0.454 e. The molecule has 110 valence electrons. The van der Waals surface area contributed by atoms with Crippen LogP contribution in [0.25, 0.3) is 0 Å². The van der Waals surface area contributed by atoms with Gasteiger partial charge in [0, 0.05) is 11.4 Å². The second-order valence-electron chi connectivity index (χ2n) is 4.45. The summed E-state index contributed by atoms with van der Waals surface area (Å²) in [6, 6.07) is 11.6. The molecule has 0 saturated heterocycles. The molecule has 0 atom stereocenters. The Bertz CT molecular complexity index is 759. The number of benzene rings is 2. The fraction of sp³-hybridized carbons (Fsp3) is 0.143. The third-order valence-corrected chi connectivity index (χ3v) is 5.06. The summed E-state index contributed by atoms with van der Waals surface area (Å²) in [6.45, 7) is 0.152. The van der Waals surface area contributed by atoms with E-state index in [1.54, 1.807) is 42.5 Å². The lowest BCUT2D eigenvalue weighted by Gasteiger charge is -2.09. The second kappa shape index (κ2) is 5.57. The Labute approximate surface area is 131 Å². The van der Waals surface area contributed by atoms with Gasteiger partial charge in [0.1, 0.15) is 0 Å². The highest BCUT2D eigenvalue weighted by atomic mass is 79.9. The number of anilines is 1. The molecule has 0 unspecified atom stereocenters. The number of alkyl halides is 1. The summed E-state index contributed by atoms with van der Waals surface area (Å²) in [4.78, 5) is 0.213. The van der Waals surface area contributed by atoms with E-state index in [1.807, 2.05) is 0 Å². The van der Waals surface area contributed by atoms with Crippen molar-refractivity contribution in [3.05, 3.63) is 48.0 Å². The molecule has 1 aliphatic rings. The summed E-state index contributed by atoms with van der Waals surface area (Å²) < 4.78 is 37.6. The van der Waals surface area contributed by atoms with Crippen molar-refractivity contribution in [2.45, 2.75) is 10.2 Å². The largest absolute Gasteiger partial charge is 0.454 e. The van der Waals surface area contributed by atoms with E-state index in [1.165, 1.54) is 0 Å². The lowest BCUT2D eigenvalue weighted by Crippen LogP contribution is -2.12. The zero-order valence-corrected chi connectivity index (χ0v) is 13.3. The number of hydrogen-bond acceptors (Lipinski definition) is 4. The standard InChI is InChI=1S/C14H12BrNO4S/c15-8-10-1-4-12(5-2-10)21(17,18)16-11-3-6-13-14(7-11)20-9-19-13/h1-7,16H,8-9H2. The highest BCUT2D eigenvalue weighted by molar-refractivity contribution is 9.08. The fourth-order valence-electron chi connectivity index (χ4n) is 1.93. The van der Waals surface area contributed by atoms with Gasteiger partial charge in [-0.1, -0.05) is 28.1 Å². The van der Waals surface area contributed by atoms with E-state index in [0.717, 1.165) is 5.56 Å². The highest BCUT2D eigenvalue weighted by Gasteiger charge is 2.17. The molecule has 0 spiro atoms. The molecule has 0 fully saturated rings. The molecule has 1 N–H and O–H groups in total. The maximum Gasteiger partial charge on any atom is 0.261 e. The van der Waals surface area contributed by atoms with Gasteiger partial charge < -0.3 is 9.47 Å². The van der Waals surface area contributed by atoms with Crippen LogP contribution in [-0.2, 0) is 15.4 Å². The molecule has 0 saturated carbocycles. The predicted octanol–water partition coefficient (Wildman–Crippen LogP) is 3.11. The van der Waals surface area contributed by atoms with Gasteiger partial charge in [-0.15, -0.1) is 0 Å². The zero-order valence-electron chi connectivity index (χ0n) is 10.9. The Morgan fingerprint density at radius 2 is 1.76 bits per heavy atom. The van der Waals surface area contributed by atoms with Crippen molar-refractivity contribution in [1.82, 2.24) is 0 Å². The third kappa shape index (κ3) is 2.98. The minimum atomic E-state index is -3.62. The van der Waals surface area contributed by atoms with Crippen LogP contribution in [0, 0.1) is 0 Å². The lowest BCUT2D eigenvalue weighted by atomic mass is 10.2. The second-order valence-corrected chi connectivity index (χ2v) is 6.69. The predicted molar refractivity (Wildman–Crippen MR) is 82.4 cm³/mol. The van der Waals surface area contributed by atoms with Crippen LogP contribution in [0.3, 0.4) is 0 Å². The molecule has 1 heterocycles. The molecule has 0 amide bonds. The summed E-state index contributed by atoms with van der Waals surface area (Å²) in [5.74, 6) is 1.14. The van der Waals surface area contributed by atoms with Crippen molar-refractivity contribution in [2.75, 3.05) is 11.5 Å². The molecule has 2 aromatic carbocycles. The highest BCUT2D eigenvalue weighted by Crippen LogP contribution is 2.34. The van der Waals surface area contributed by atoms with Gasteiger partial charge in [-0.3, -0.25) is 4.72 Å². The number of hydrogen-bond donors (Lipinski definition) is 1. The molecule has 0 aliphatic carbocycles. The monoisotopic (exact) mass is 369 g/mol. The molecule has 0 aromatic heterocycles. The Morgan fingerprint density at radius 1 is 1.05 bits per heavy atom. The van der Waals surface area contributed by atoms with Crippen molar-refractivity contribution in [1.29, 1.82) is 0 Å². The average Bonchev–Trinajstić information content (AvgIpc) is 2.94. The van der Waals surface area contributed by atoms with Crippen LogP contribution >= 0.6 is 15.9 Å². The first-order valence-corrected chi connectivity index (χ1v) is 8.76. The van der Waals surface area contributed by atoms with Crippen LogP contribution in [0.2, 0.25) is 0 Å². The third-order valence-electron chi connectivity index (χ3n) is 3.01. The van der Waals surface area contributed by atoms with Gasteiger partial charge in [0.15, 0.2) is 11.5 Å². The molecule has 7 heteroatoms. The van der Waals surface area contributed by atoms with Crippen LogP contribution in [0.4, 0.5) is 5.69 Å². The van der Waals surface area contributed by atoms with Gasteiger partial charge in [0.2, 0.25) is 6.79 Å². The number of nitrogens with one attached hydrogen (secondary N) is 1. The quantitative estimate of drug-likeness (QED) is 0.840. The summed E-state index contributed by atoms with van der Waals surface area (Å²) in [5.41, 5.74) is 1.45. The summed E-state index contributed by atoms with van der Waals surface area (Å²) in [6.07, 6.45) is 0. The Kier molecular flexibility index (Phi) is 3.77. The molecule has 2 aromatic rings. The van der Waals surface area contributed by atoms with Gasteiger partial charge in [-0.2, -0.15) is 0 Å². The van der Waals surface area contributed by atoms with Crippen LogP contribution in [0.15, 0.2) is 47.4 Å². The van der Waals surface area contributed by atoms with Crippen LogP contribution in [0.1, 0.15) is 5.56 Å². The molecule has 1 aliphatic heterocycles. The van der Waals surface area contributed by atoms with E-state index in [4.69, 9.17) is 9.47 Å². The number of rotatable bonds is 4. The van der Waals surface area contributed by atoms with Crippen molar-refractivity contribution >= 4 is 31.6 Å². The number of ether oxygens (including phenoxy) is 2. The molecule has 3 rings (SSSR count). The van der Waals surface area contributed by atoms with Crippen LogP contribution < -0.4 is 14.2 Å². The van der Waals surface area contributed by atoms with Crippen molar-refractivity contribution in [3.8, 4) is 11.5 Å². The van der Waals surface area contributed by atoms with Crippen molar-refractivity contribution in [3.63, 3.8) is 0 Å². The maximum atomic E-state index is 12.3. The Hall–Kier alpha value is -1.73. The van der Waals surface area contributed by atoms with Gasteiger partial charge in [-0.05, 0) is 29.8 Å². The number of halogens is 1. The van der Waals surface area contributed by atoms with Gasteiger partial charge in [-0.25, -0.2) is 8.42 Å². The maximum absolute atomic E-state index is 12.3. The molecular formula is C14H12BrNO4S. The normalized spacial score (nSPS) is 13.2. The van der Waals surface area contributed by atoms with Gasteiger partial charge in [0.05, 0.1) is 10.6 Å². The fourth-order valence-corrected chi connectivity index (χ4v) is 3.36. The SMILES string of the molecule is O=S(=O)(Nc1ccc2c(c1)OCO2)c1ccc(CBr)cc1. The lowest BCUT2D eigenvalue weighted by molar-refractivity contribution is 0.174. The van der Waals surface area contributed by atoms with E-state index >= 15 is 0 Å². The van der Waals surface area contributed by atoms with Crippen molar-refractivity contribution in [2.24, 2.45) is 0 Å². The van der Waals surface area contributed by atoms with Crippen molar-refractivity contribution < 1.29 is 17.9 Å². The first kappa shape index (κ1) is 14.2.